The first-order chi connectivity index (χ1) is 10.6. The number of amides is 1. The molecule has 0 spiro atoms. The van der Waals surface area contributed by atoms with Crippen LogP contribution in [0.15, 0.2) is 54.6 Å². The van der Waals surface area contributed by atoms with E-state index in [9.17, 15) is 14.0 Å². The molecule has 1 amide bonds. The molecule has 2 rings (SSSR count). The van der Waals surface area contributed by atoms with Gasteiger partial charge in [0.15, 0.2) is 5.78 Å². The van der Waals surface area contributed by atoms with Crippen LogP contribution >= 0.6 is 0 Å². The summed E-state index contributed by atoms with van der Waals surface area (Å²) in [5, 5.41) is 0. The number of nitrogens with one attached hydrogen (secondary N) is 1. The van der Waals surface area contributed by atoms with E-state index in [-0.39, 0.29) is 31.1 Å². The molecule has 0 bridgehead atoms. The van der Waals surface area contributed by atoms with Crippen molar-refractivity contribution < 1.29 is 18.8 Å². The van der Waals surface area contributed by atoms with Crippen LogP contribution in [0.5, 0.6) is 0 Å². The molecule has 22 heavy (non-hydrogen) atoms. The monoisotopic (exact) mass is 301 g/mol. The standard InChI is InChI=1S/C17H16FNO3/c18-15-8-6-14(7-9-15)16(20)10-11-17(21)19-22-12-13-4-2-1-3-5-13/h1-9H,10-12H2,(H,19,21). The number of hydroxylamine groups is 1. The maximum Gasteiger partial charge on any atom is 0.243 e. The number of ketones is 1. The number of rotatable bonds is 7. The number of hydrogen-bond acceptors (Lipinski definition) is 3. The number of halogens is 1. The third-order valence-electron chi connectivity index (χ3n) is 3.01. The molecule has 0 fully saturated rings. The molecule has 1 N–H and O–H groups in total. The topological polar surface area (TPSA) is 55.4 Å². The Kier molecular flexibility index (Phi) is 5.80. The maximum atomic E-state index is 12.8. The fourth-order valence-electron chi connectivity index (χ4n) is 1.83. The molecule has 0 aliphatic carbocycles. The molecule has 2 aromatic rings. The van der Waals surface area contributed by atoms with Crippen LogP contribution in [0, 0.1) is 5.82 Å². The van der Waals surface area contributed by atoms with Crippen LogP contribution in [0.3, 0.4) is 0 Å². The lowest BCUT2D eigenvalue weighted by atomic mass is 10.1. The third-order valence-corrected chi connectivity index (χ3v) is 3.01. The summed E-state index contributed by atoms with van der Waals surface area (Å²) in [4.78, 5) is 28.5. The van der Waals surface area contributed by atoms with E-state index in [1.54, 1.807) is 0 Å². The van der Waals surface area contributed by atoms with E-state index in [1.807, 2.05) is 30.3 Å². The van der Waals surface area contributed by atoms with Crippen molar-refractivity contribution in [1.82, 2.24) is 5.48 Å². The zero-order valence-corrected chi connectivity index (χ0v) is 11.9. The summed E-state index contributed by atoms with van der Waals surface area (Å²) in [6.45, 7) is 0.262. The highest BCUT2D eigenvalue weighted by atomic mass is 19.1. The number of Topliss-reactive ketones (excluding diaryl/α,β-unsaturated/α-hetero) is 1. The van der Waals surface area contributed by atoms with Gasteiger partial charge in [0.2, 0.25) is 5.91 Å². The first-order valence-electron chi connectivity index (χ1n) is 6.88. The van der Waals surface area contributed by atoms with Crippen molar-refractivity contribution in [3.8, 4) is 0 Å². The second-order valence-electron chi connectivity index (χ2n) is 4.73. The summed E-state index contributed by atoms with van der Waals surface area (Å²) in [6, 6.07) is 14.6. The quantitative estimate of drug-likeness (QED) is 0.632. The Hall–Kier alpha value is -2.53. The molecule has 0 aliphatic rings. The van der Waals surface area contributed by atoms with Crippen molar-refractivity contribution in [2.75, 3.05) is 0 Å². The van der Waals surface area contributed by atoms with Crippen LogP contribution in [0.25, 0.3) is 0 Å². The SMILES string of the molecule is O=C(CCC(=O)c1ccc(F)cc1)NOCc1ccccc1. The molecule has 2 aromatic carbocycles. The lowest BCUT2D eigenvalue weighted by Gasteiger charge is -2.06. The zero-order chi connectivity index (χ0) is 15.8. The Morgan fingerprint density at radius 1 is 0.955 bits per heavy atom. The Bertz CT molecular complexity index is 626. The molecule has 0 unspecified atom stereocenters. The predicted molar refractivity (Wildman–Crippen MR) is 79.3 cm³/mol. The van der Waals surface area contributed by atoms with E-state index in [1.165, 1.54) is 24.3 Å². The molecule has 0 atom stereocenters. The van der Waals surface area contributed by atoms with E-state index in [0.717, 1.165) is 5.56 Å². The van der Waals surface area contributed by atoms with Gasteiger partial charge < -0.3 is 0 Å². The van der Waals surface area contributed by atoms with Crippen LogP contribution < -0.4 is 5.48 Å². The molecular weight excluding hydrogens is 285 g/mol. The fourth-order valence-corrected chi connectivity index (χ4v) is 1.83. The largest absolute Gasteiger partial charge is 0.294 e. The minimum Gasteiger partial charge on any atom is -0.294 e. The molecule has 5 heteroatoms. The number of benzene rings is 2. The highest BCUT2D eigenvalue weighted by Crippen LogP contribution is 2.07. The maximum absolute atomic E-state index is 12.8. The third kappa shape index (κ3) is 5.10. The average molecular weight is 301 g/mol. The van der Waals surface area contributed by atoms with E-state index in [4.69, 9.17) is 4.84 Å². The first-order valence-corrected chi connectivity index (χ1v) is 6.88. The van der Waals surface area contributed by atoms with Gasteiger partial charge in [0.1, 0.15) is 5.82 Å². The summed E-state index contributed by atoms with van der Waals surface area (Å²) >= 11 is 0. The molecule has 4 nitrogen and oxygen atoms in total. The Morgan fingerprint density at radius 3 is 2.32 bits per heavy atom. The van der Waals surface area contributed by atoms with Gasteiger partial charge in [-0.2, -0.15) is 0 Å². The molecule has 0 aromatic heterocycles. The van der Waals surface area contributed by atoms with Crippen LogP contribution in [0.4, 0.5) is 4.39 Å². The summed E-state index contributed by atoms with van der Waals surface area (Å²) < 4.78 is 12.8. The molecule has 0 radical (unpaired) electrons. The second-order valence-corrected chi connectivity index (χ2v) is 4.73. The highest BCUT2D eigenvalue weighted by molar-refractivity contribution is 5.97. The minimum absolute atomic E-state index is 0.0188. The highest BCUT2D eigenvalue weighted by Gasteiger charge is 2.09. The van der Waals surface area contributed by atoms with Crippen LogP contribution in [-0.4, -0.2) is 11.7 Å². The lowest BCUT2D eigenvalue weighted by molar-refractivity contribution is -0.134. The van der Waals surface area contributed by atoms with Crippen molar-refractivity contribution >= 4 is 11.7 Å². The minimum atomic E-state index is -0.399. The normalized spacial score (nSPS) is 10.2. The number of hydrogen-bond donors (Lipinski definition) is 1. The van der Waals surface area contributed by atoms with Crippen LogP contribution in [0.1, 0.15) is 28.8 Å². The smallest absolute Gasteiger partial charge is 0.243 e. The van der Waals surface area contributed by atoms with E-state index in [0.29, 0.717) is 5.56 Å². The van der Waals surface area contributed by atoms with Crippen molar-refractivity contribution in [1.29, 1.82) is 0 Å². The second kappa shape index (κ2) is 8.05. The van der Waals surface area contributed by atoms with Gasteiger partial charge in [-0.05, 0) is 29.8 Å². The van der Waals surface area contributed by atoms with Gasteiger partial charge >= 0.3 is 0 Å². The molecule has 0 aliphatic heterocycles. The van der Waals surface area contributed by atoms with E-state index in [2.05, 4.69) is 5.48 Å². The Labute approximate surface area is 127 Å². The van der Waals surface area contributed by atoms with Crippen molar-refractivity contribution in [2.45, 2.75) is 19.4 Å². The predicted octanol–water partition coefficient (Wildman–Crippen LogP) is 3.04. The van der Waals surface area contributed by atoms with E-state index >= 15 is 0 Å². The zero-order valence-electron chi connectivity index (χ0n) is 11.9. The molecule has 0 saturated carbocycles. The summed E-state index contributed by atoms with van der Waals surface area (Å²) in [5.41, 5.74) is 3.62. The van der Waals surface area contributed by atoms with Crippen molar-refractivity contribution in [2.24, 2.45) is 0 Å². The van der Waals surface area contributed by atoms with Crippen LogP contribution in [0.2, 0.25) is 0 Å². The van der Waals surface area contributed by atoms with Gasteiger partial charge in [-0.3, -0.25) is 14.4 Å². The van der Waals surface area contributed by atoms with Crippen LogP contribution in [-0.2, 0) is 16.2 Å². The van der Waals surface area contributed by atoms with Gasteiger partial charge in [0.05, 0.1) is 6.61 Å². The fraction of sp³-hybridized carbons (Fsp3) is 0.176. The molecule has 0 heterocycles. The number of carbonyl (C=O) groups is 2. The molecule has 0 saturated heterocycles. The van der Waals surface area contributed by atoms with Gasteiger partial charge in [-0.25, -0.2) is 9.87 Å². The summed E-state index contributed by atoms with van der Waals surface area (Å²) in [7, 11) is 0. The summed E-state index contributed by atoms with van der Waals surface area (Å²) in [5.74, 6) is -0.979. The van der Waals surface area contributed by atoms with Gasteiger partial charge in [-0.1, -0.05) is 30.3 Å². The lowest BCUT2D eigenvalue weighted by Crippen LogP contribution is -2.24. The Morgan fingerprint density at radius 2 is 1.64 bits per heavy atom. The average Bonchev–Trinajstić information content (AvgIpc) is 2.54. The van der Waals surface area contributed by atoms with E-state index < -0.39 is 5.82 Å². The van der Waals surface area contributed by atoms with Gasteiger partial charge in [0.25, 0.3) is 0 Å². The van der Waals surface area contributed by atoms with Crippen molar-refractivity contribution in [3.63, 3.8) is 0 Å². The van der Waals surface area contributed by atoms with Gasteiger partial charge in [-0.15, -0.1) is 0 Å². The molecule has 114 valence electrons. The Balaban J connectivity index is 1.69. The summed E-state index contributed by atoms with van der Waals surface area (Å²) in [6.07, 6.45) is 0.0666. The van der Waals surface area contributed by atoms with Gasteiger partial charge in [0, 0.05) is 18.4 Å². The first kappa shape index (κ1) is 15.9. The molecular formula is C17H16FNO3. The number of carbonyl (C=O) groups excluding carboxylic acids is 2. The van der Waals surface area contributed by atoms with Crippen molar-refractivity contribution in [3.05, 3.63) is 71.5 Å².